The average molecular weight is 326 g/mol. The molecule has 1 aliphatic heterocycles. The van der Waals surface area contributed by atoms with Gasteiger partial charge >= 0.3 is 0 Å². The molecule has 0 saturated carbocycles. The second kappa shape index (κ2) is 7.05. The van der Waals surface area contributed by atoms with Gasteiger partial charge in [0.25, 0.3) is 0 Å². The van der Waals surface area contributed by atoms with Crippen molar-refractivity contribution in [3.8, 4) is 0 Å². The first-order chi connectivity index (χ1) is 11.6. The molecule has 0 amide bonds. The van der Waals surface area contributed by atoms with Crippen molar-refractivity contribution in [2.75, 3.05) is 55.3 Å². The summed E-state index contributed by atoms with van der Waals surface area (Å²) in [6.07, 6.45) is 1.62. The van der Waals surface area contributed by atoms with Crippen LogP contribution in [-0.2, 0) is 0 Å². The maximum Gasteiger partial charge on any atom is 0.161 e. The Balaban J connectivity index is 1.94. The molecule has 2 N–H and O–H groups in total. The van der Waals surface area contributed by atoms with Crippen LogP contribution < -0.4 is 15.5 Å². The SMILES string of the molecule is CCN(c1cccc(C)c1)c1ncnc(N2CCN(C)CC2)c1N. The van der Waals surface area contributed by atoms with Crippen molar-refractivity contribution < 1.29 is 0 Å². The summed E-state index contributed by atoms with van der Waals surface area (Å²) in [7, 11) is 2.14. The van der Waals surface area contributed by atoms with E-state index in [1.165, 1.54) is 5.56 Å². The van der Waals surface area contributed by atoms with Gasteiger partial charge < -0.3 is 20.4 Å². The average Bonchev–Trinajstić information content (AvgIpc) is 2.58. The molecular weight excluding hydrogens is 300 g/mol. The number of nitrogens with two attached hydrogens (primary N) is 1. The van der Waals surface area contributed by atoms with Crippen LogP contribution in [0.2, 0.25) is 0 Å². The number of benzene rings is 1. The van der Waals surface area contributed by atoms with Crippen molar-refractivity contribution in [1.82, 2.24) is 14.9 Å². The summed E-state index contributed by atoms with van der Waals surface area (Å²) in [6, 6.07) is 8.40. The van der Waals surface area contributed by atoms with E-state index in [0.29, 0.717) is 5.69 Å². The van der Waals surface area contributed by atoms with Crippen molar-refractivity contribution in [3.63, 3.8) is 0 Å². The van der Waals surface area contributed by atoms with Gasteiger partial charge in [0.1, 0.15) is 12.0 Å². The Bertz CT molecular complexity index is 694. The lowest BCUT2D eigenvalue weighted by Gasteiger charge is -2.34. The van der Waals surface area contributed by atoms with Crippen LogP contribution in [0.4, 0.5) is 23.0 Å². The molecule has 1 aromatic carbocycles. The van der Waals surface area contributed by atoms with E-state index >= 15 is 0 Å². The fourth-order valence-electron chi connectivity index (χ4n) is 3.11. The molecule has 0 radical (unpaired) electrons. The third kappa shape index (κ3) is 3.28. The molecule has 2 aromatic rings. The predicted octanol–water partition coefficient (Wildman–Crippen LogP) is 2.28. The van der Waals surface area contributed by atoms with Crippen LogP contribution in [0, 0.1) is 6.92 Å². The van der Waals surface area contributed by atoms with Gasteiger partial charge in [0.05, 0.1) is 0 Å². The predicted molar refractivity (Wildman–Crippen MR) is 100 cm³/mol. The highest BCUT2D eigenvalue weighted by Gasteiger charge is 2.22. The first-order valence-corrected chi connectivity index (χ1v) is 8.48. The molecule has 1 aliphatic rings. The largest absolute Gasteiger partial charge is 0.393 e. The summed E-state index contributed by atoms with van der Waals surface area (Å²) in [5.41, 5.74) is 9.46. The number of nitrogens with zero attached hydrogens (tertiary/aromatic N) is 5. The summed E-state index contributed by atoms with van der Waals surface area (Å²) >= 11 is 0. The van der Waals surface area contributed by atoms with Gasteiger partial charge in [-0.1, -0.05) is 12.1 Å². The van der Waals surface area contributed by atoms with E-state index in [4.69, 9.17) is 5.73 Å². The van der Waals surface area contributed by atoms with Gasteiger partial charge in [-0.15, -0.1) is 0 Å². The van der Waals surface area contributed by atoms with Crippen molar-refractivity contribution in [2.24, 2.45) is 0 Å². The molecule has 3 rings (SSSR count). The fourth-order valence-corrected chi connectivity index (χ4v) is 3.11. The third-order valence-corrected chi connectivity index (χ3v) is 4.53. The van der Waals surface area contributed by atoms with Crippen LogP contribution >= 0.6 is 0 Å². The lowest BCUT2D eigenvalue weighted by Crippen LogP contribution is -2.45. The van der Waals surface area contributed by atoms with E-state index in [9.17, 15) is 0 Å². The van der Waals surface area contributed by atoms with E-state index < -0.39 is 0 Å². The van der Waals surface area contributed by atoms with Crippen LogP contribution in [-0.4, -0.2) is 54.6 Å². The number of anilines is 4. The lowest BCUT2D eigenvalue weighted by molar-refractivity contribution is 0.312. The second-order valence-electron chi connectivity index (χ2n) is 6.31. The Morgan fingerprint density at radius 2 is 1.92 bits per heavy atom. The number of rotatable bonds is 4. The lowest BCUT2D eigenvalue weighted by atomic mass is 10.2. The first kappa shape index (κ1) is 16.5. The fraction of sp³-hybridized carbons (Fsp3) is 0.444. The highest BCUT2D eigenvalue weighted by molar-refractivity contribution is 5.79. The molecule has 1 saturated heterocycles. The Morgan fingerprint density at radius 3 is 2.58 bits per heavy atom. The minimum absolute atomic E-state index is 0.658. The number of nitrogen functional groups attached to an aromatic ring is 1. The maximum absolute atomic E-state index is 6.48. The molecule has 6 nitrogen and oxygen atoms in total. The second-order valence-corrected chi connectivity index (χ2v) is 6.31. The molecule has 2 heterocycles. The zero-order valence-corrected chi connectivity index (χ0v) is 14.7. The van der Waals surface area contributed by atoms with Gasteiger partial charge in [0, 0.05) is 38.4 Å². The molecule has 1 aromatic heterocycles. The van der Waals surface area contributed by atoms with Crippen molar-refractivity contribution in [1.29, 1.82) is 0 Å². The molecule has 1 fully saturated rings. The van der Waals surface area contributed by atoms with Gasteiger partial charge in [0.15, 0.2) is 11.6 Å². The number of piperazine rings is 1. The normalized spacial score (nSPS) is 15.5. The van der Waals surface area contributed by atoms with Crippen LogP contribution in [0.25, 0.3) is 0 Å². The van der Waals surface area contributed by atoms with Crippen LogP contribution in [0.3, 0.4) is 0 Å². The number of aromatic nitrogens is 2. The Hall–Kier alpha value is -2.34. The number of aryl methyl sites for hydroxylation is 1. The number of hydrogen-bond acceptors (Lipinski definition) is 6. The summed E-state index contributed by atoms with van der Waals surface area (Å²) in [4.78, 5) is 15.7. The minimum Gasteiger partial charge on any atom is -0.393 e. The molecule has 0 aliphatic carbocycles. The maximum atomic E-state index is 6.48. The Kier molecular flexibility index (Phi) is 4.85. The Morgan fingerprint density at radius 1 is 1.17 bits per heavy atom. The van der Waals surface area contributed by atoms with Crippen molar-refractivity contribution in [3.05, 3.63) is 36.2 Å². The van der Waals surface area contributed by atoms with Crippen LogP contribution in [0.1, 0.15) is 12.5 Å². The number of likely N-dealkylation sites (N-methyl/N-ethyl adjacent to an activating group) is 1. The van der Waals surface area contributed by atoms with E-state index in [2.05, 4.69) is 69.8 Å². The van der Waals surface area contributed by atoms with E-state index in [-0.39, 0.29) is 0 Å². The Labute approximate surface area is 143 Å². The monoisotopic (exact) mass is 326 g/mol. The van der Waals surface area contributed by atoms with Crippen LogP contribution in [0.15, 0.2) is 30.6 Å². The third-order valence-electron chi connectivity index (χ3n) is 4.53. The summed E-state index contributed by atoms with van der Waals surface area (Å²) in [5.74, 6) is 1.63. The number of hydrogen-bond donors (Lipinski definition) is 1. The molecule has 0 bridgehead atoms. The highest BCUT2D eigenvalue weighted by Crippen LogP contribution is 2.33. The molecule has 0 spiro atoms. The van der Waals surface area contributed by atoms with Gasteiger partial charge in [0.2, 0.25) is 0 Å². The topological polar surface area (TPSA) is 61.5 Å². The summed E-state index contributed by atoms with van der Waals surface area (Å²) in [5, 5.41) is 0. The quantitative estimate of drug-likeness (QED) is 0.930. The molecule has 0 atom stereocenters. The first-order valence-electron chi connectivity index (χ1n) is 8.48. The van der Waals surface area contributed by atoms with Gasteiger partial charge in [-0.25, -0.2) is 9.97 Å². The van der Waals surface area contributed by atoms with E-state index in [1.807, 2.05) is 0 Å². The van der Waals surface area contributed by atoms with Crippen molar-refractivity contribution in [2.45, 2.75) is 13.8 Å². The molecule has 6 heteroatoms. The minimum atomic E-state index is 0.658. The van der Waals surface area contributed by atoms with Gasteiger partial charge in [-0.3, -0.25) is 0 Å². The molecule has 0 unspecified atom stereocenters. The van der Waals surface area contributed by atoms with E-state index in [1.54, 1.807) is 6.33 Å². The van der Waals surface area contributed by atoms with Gasteiger partial charge in [-0.2, -0.15) is 0 Å². The van der Waals surface area contributed by atoms with Crippen LogP contribution in [0.5, 0.6) is 0 Å². The van der Waals surface area contributed by atoms with E-state index in [0.717, 1.165) is 50.0 Å². The molecule has 128 valence electrons. The molecule has 24 heavy (non-hydrogen) atoms. The molecular formula is C18H26N6. The zero-order chi connectivity index (χ0) is 17.1. The highest BCUT2D eigenvalue weighted by atomic mass is 15.3. The smallest absolute Gasteiger partial charge is 0.161 e. The zero-order valence-electron chi connectivity index (χ0n) is 14.7. The summed E-state index contributed by atoms with van der Waals surface area (Å²) in [6.45, 7) is 8.92. The van der Waals surface area contributed by atoms with Crippen molar-refractivity contribution >= 4 is 23.0 Å². The van der Waals surface area contributed by atoms with Gasteiger partial charge in [-0.05, 0) is 38.6 Å². The summed E-state index contributed by atoms with van der Waals surface area (Å²) < 4.78 is 0. The standard InChI is InChI=1S/C18H26N6/c1-4-24(15-7-5-6-14(2)12-15)18-16(19)17(20-13-21-18)23-10-8-22(3)9-11-23/h5-7,12-13H,4,8-11,19H2,1-3H3.